The number of phenolic OH excluding ortho intramolecular Hbond substituents is 1. The van der Waals surface area contributed by atoms with Gasteiger partial charge in [0, 0.05) is 18.3 Å². The summed E-state index contributed by atoms with van der Waals surface area (Å²) in [5.41, 5.74) is 0.623. The number of hydrogen-bond acceptors (Lipinski definition) is 5. The molecule has 0 saturated heterocycles. The molecular formula is C16H26N2O4S. The molecule has 0 radical (unpaired) electrons. The highest BCUT2D eigenvalue weighted by molar-refractivity contribution is 7.89. The minimum absolute atomic E-state index is 0.0740. The summed E-state index contributed by atoms with van der Waals surface area (Å²) in [6.07, 6.45) is 2.17. The summed E-state index contributed by atoms with van der Waals surface area (Å²) in [4.78, 5) is -0.288. The van der Waals surface area contributed by atoms with Crippen LogP contribution in [0.4, 0.5) is 5.69 Å². The van der Waals surface area contributed by atoms with Crippen molar-refractivity contribution in [3.05, 3.63) is 18.2 Å². The normalized spacial score (nSPS) is 27.6. The van der Waals surface area contributed by atoms with Gasteiger partial charge in [-0.25, -0.2) is 13.6 Å². The Bertz CT molecular complexity index is 687. The highest BCUT2D eigenvalue weighted by Crippen LogP contribution is 2.46. The number of aromatic hydroxyl groups is 1. The summed E-state index contributed by atoms with van der Waals surface area (Å²) >= 11 is 0. The Morgan fingerprint density at radius 2 is 1.96 bits per heavy atom. The topological polar surface area (TPSA) is 113 Å². The lowest BCUT2D eigenvalue weighted by Crippen LogP contribution is -2.42. The minimum atomic E-state index is -3.93. The minimum Gasteiger partial charge on any atom is -0.506 e. The third-order valence-electron chi connectivity index (χ3n) is 4.41. The monoisotopic (exact) mass is 342 g/mol. The molecule has 23 heavy (non-hydrogen) atoms. The molecular weight excluding hydrogens is 316 g/mol. The van der Waals surface area contributed by atoms with Gasteiger partial charge in [-0.15, -0.1) is 0 Å². The number of nitrogens with one attached hydrogen (secondary N) is 1. The van der Waals surface area contributed by atoms with E-state index in [4.69, 9.17) is 5.14 Å². The van der Waals surface area contributed by atoms with Crippen molar-refractivity contribution in [1.82, 2.24) is 0 Å². The van der Waals surface area contributed by atoms with Crippen LogP contribution in [0.25, 0.3) is 0 Å². The lowest BCUT2D eigenvalue weighted by molar-refractivity contribution is -0.00318. The average molecular weight is 342 g/mol. The number of sulfonamides is 1. The third kappa shape index (κ3) is 4.59. The molecule has 1 fully saturated rings. The van der Waals surface area contributed by atoms with E-state index in [1.165, 1.54) is 12.1 Å². The number of aliphatic hydroxyl groups is 1. The van der Waals surface area contributed by atoms with E-state index < -0.39 is 10.0 Å². The molecule has 1 aromatic carbocycles. The summed E-state index contributed by atoms with van der Waals surface area (Å²) in [5.74, 6) is -0.369. The van der Waals surface area contributed by atoms with Crippen molar-refractivity contribution >= 4 is 15.7 Å². The number of benzene rings is 1. The van der Waals surface area contributed by atoms with E-state index in [0.29, 0.717) is 18.7 Å². The molecule has 7 heteroatoms. The van der Waals surface area contributed by atoms with Gasteiger partial charge >= 0.3 is 0 Å². The second kappa shape index (κ2) is 5.96. The van der Waals surface area contributed by atoms with E-state index >= 15 is 0 Å². The van der Waals surface area contributed by atoms with Gasteiger partial charge < -0.3 is 15.5 Å². The van der Waals surface area contributed by atoms with Gasteiger partial charge in [0.25, 0.3) is 0 Å². The van der Waals surface area contributed by atoms with Crippen molar-refractivity contribution in [1.29, 1.82) is 0 Å². The zero-order chi connectivity index (χ0) is 17.5. The molecule has 0 bridgehead atoms. The molecule has 0 aliphatic heterocycles. The van der Waals surface area contributed by atoms with E-state index in [0.717, 1.165) is 12.8 Å². The number of nitrogens with two attached hydrogens (primary N) is 1. The van der Waals surface area contributed by atoms with E-state index in [-0.39, 0.29) is 27.6 Å². The van der Waals surface area contributed by atoms with Gasteiger partial charge in [0.2, 0.25) is 10.0 Å². The van der Waals surface area contributed by atoms with E-state index in [9.17, 15) is 18.6 Å². The van der Waals surface area contributed by atoms with Crippen molar-refractivity contribution in [2.75, 3.05) is 11.9 Å². The van der Waals surface area contributed by atoms with Crippen LogP contribution >= 0.6 is 0 Å². The Morgan fingerprint density at radius 3 is 2.48 bits per heavy atom. The molecule has 2 atom stereocenters. The summed E-state index contributed by atoms with van der Waals surface area (Å²) in [7, 11) is -3.93. The van der Waals surface area contributed by atoms with Crippen molar-refractivity contribution in [3.8, 4) is 5.75 Å². The van der Waals surface area contributed by atoms with Gasteiger partial charge in [0.05, 0.1) is 6.10 Å². The second-order valence-corrected chi connectivity index (χ2v) is 9.32. The van der Waals surface area contributed by atoms with Crippen LogP contribution in [0.2, 0.25) is 0 Å². The van der Waals surface area contributed by atoms with Crippen LogP contribution in [0.15, 0.2) is 23.1 Å². The van der Waals surface area contributed by atoms with Gasteiger partial charge in [0.1, 0.15) is 10.6 Å². The van der Waals surface area contributed by atoms with Gasteiger partial charge in [-0.2, -0.15) is 0 Å². The third-order valence-corrected chi connectivity index (χ3v) is 5.36. The smallest absolute Gasteiger partial charge is 0.241 e. The van der Waals surface area contributed by atoms with Crippen LogP contribution in [0.3, 0.4) is 0 Å². The van der Waals surface area contributed by atoms with Crippen molar-refractivity contribution in [2.45, 2.75) is 51.0 Å². The largest absolute Gasteiger partial charge is 0.506 e. The van der Waals surface area contributed by atoms with Crippen LogP contribution in [0, 0.1) is 10.8 Å². The first-order valence-corrected chi connectivity index (χ1v) is 9.23. The maximum Gasteiger partial charge on any atom is 0.241 e. The van der Waals surface area contributed by atoms with Gasteiger partial charge in [-0.3, -0.25) is 0 Å². The molecule has 0 aromatic heterocycles. The molecule has 1 aliphatic rings. The van der Waals surface area contributed by atoms with Crippen molar-refractivity contribution in [2.24, 2.45) is 16.0 Å². The molecule has 130 valence electrons. The summed E-state index contributed by atoms with van der Waals surface area (Å²) in [6.45, 7) is 7.06. The Morgan fingerprint density at radius 1 is 1.30 bits per heavy atom. The molecule has 1 saturated carbocycles. The first-order chi connectivity index (χ1) is 10.4. The maximum atomic E-state index is 11.3. The van der Waals surface area contributed by atoms with Crippen molar-refractivity contribution in [3.63, 3.8) is 0 Å². The van der Waals surface area contributed by atoms with Crippen LogP contribution in [0.1, 0.15) is 40.0 Å². The number of rotatable bonds is 4. The Balaban J connectivity index is 2.10. The quantitative estimate of drug-likeness (QED) is 0.669. The molecule has 2 rings (SSSR count). The molecule has 1 aromatic rings. The van der Waals surface area contributed by atoms with E-state index in [1.807, 2.05) is 0 Å². The zero-order valence-corrected chi connectivity index (χ0v) is 14.7. The number of anilines is 1. The second-order valence-electron chi connectivity index (χ2n) is 7.79. The van der Waals surface area contributed by atoms with Gasteiger partial charge in [-0.05, 0) is 42.2 Å². The van der Waals surface area contributed by atoms with Gasteiger partial charge in [-0.1, -0.05) is 20.8 Å². The highest BCUT2D eigenvalue weighted by atomic mass is 32.2. The highest BCUT2D eigenvalue weighted by Gasteiger charge is 2.40. The Kier molecular flexibility index (Phi) is 4.67. The number of phenols is 1. The summed E-state index contributed by atoms with van der Waals surface area (Å²) in [5, 5.41) is 28.2. The van der Waals surface area contributed by atoms with E-state index in [1.54, 1.807) is 6.07 Å². The Hall–Kier alpha value is -1.31. The predicted octanol–water partition coefficient (Wildman–Crippen LogP) is 2.03. The Labute approximate surface area is 137 Å². The fraction of sp³-hybridized carbons (Fsp3) is 0.625. The molecule has 5 N–H and O–H groups in total. The fourth-order valence-electron chi connectivity index (χ4n) is 3.90. The summed E-state index contributed by atoms with van der Waals surface area (Å²) in [6, 6.07) is 4.22. The van der Waals surface area contributed by atoms with Crippen LogP contribution < -0.4 is 10.5 Å². The molecule has 1 aliphatic carbocycles. The number of hydrogen-bond donors (Lipinski definition) is 4. The fourth-order valence-corrected chi connectivity index (χ4v) is 4.50. The van der Waals surface area contributed by atoms with Gasteiger partial charge in [0.15, 0.2) is 0 Å². The first kappa shape index (κ1) is 18.0. The van der Waals surface area contributed by atoms with E-state index in [2.05, 4.69) is 26.1 Å². The van der Waals surface area contributed by atoms with Crippen LogP contribution in [-0.4, -0.2) is 31.3 Å². The SMILES string of the molecule is CC1(C)CC(O)CC(C)(CNc2ccc(S(N)(=O)=O)c(O)c2)C1. The molecule has 2 unspecified atom stereocenters. The average Bonchev–Trinajstić information content (AvgIpc) is 2.32. The van der Waals surface area contributed by atoms with Crippen LogP contribution in [0.5, 0.6) is 5.75 Å². The molecule has 0 amide bonds. The number of aliphatic hydroxyl groups excluding tert-OH is 1. The standard InChI is InChI=1S/C16H26N2O4S/c1-15(2)7-12(19)8-16(3,9-15)10-18-11-4-5-14(13(20)6-11)23(17,21)22/h4-6,12,18-20H,7-10H2,1-3H3,(H2,17,21,22). The molecule has 0 spiro atoms. The maximum absolute atomic E-state index is 11.3. The van der Waals surface area contributed by atoms with Crippen LogP contribution in [-0.2, 0) is 10.0 Å². The molecule has 0 heterocycles. The lowest BCUT2D eigenvalue weighted by Gasteiger charge is -2.45. The summed E-state index contributed by atoms with van der Waals surface area (Å²) < 4.78 is 22.6. The predicted molar refractivity (Wildman–Crippen MR) is 89.7 cm³/mol. The van der Waals surface area contributed by atoms with Crippen molar-refractivity contribution < 1.29 is 18.6 Å². The lowest BCUT2D eigenvalue weighted by atomic mass is 9.63. The zero-order valence-electron chi connectivity index (χ0n) is 13.8. The molecule has 6 nitrogen and oxygen atoms in total. The first-order valence-electron chi connectivity index (χ1n) is 7.68. The number of primary sulfonamides is 1.